The molecule has 3 saturated heterocycles. The van der Waals surface area contributed by atoms with Gasteiger partial charge >= 0.3 is 37.8 Å². The summed E-state index contributed by atoms with van der Waals surface area (Å²) in [7, 11) is -8.27. The van der Waals surface area contributed by atoms with Gasteiger partial charge in [-0.1, -0.05) is 72.8 Å². The summed E-state index contributed by atoms with van der Waals surface area (Å²) in [4.78, 5) is 24.6. The Bertz CT molecular complexity index is 1460. The van der Waals surface area contributed by atoms with Gasteiger partial charge in [-0.15, -0.1) is 0 Å². The Morgan fingerprint density at radius 2 is 0.708 bits per heavy atom. The first kappa shape index (κ1) is 37.6. The molecule has 246 valence electrons. The van der Waals surface area contributed by atoms with E-state index >= 15 is 0 Å². The molecule has 3 fully saturated rings. The molecular weight excluding hydrogens is 648 g/mol. The average Bonchev–Trinajstić information content (AvgIpc) is 3.93. The normalized spacial score (nSPS) is 16.7. The maximum Gasteiger partial charge on any atom is 1.00 e. The second-order valence-corrected chi connectivity index (χ2v) is 15.4. The monoisotopic (exact) mass is 684 g/mol. The quantitative estimate of drug-likeness (QED) is 0.155. The summed E-state index contributed by atoms with van der Waals surface area (Å²) in [5.41, 5.74) is 0. The molecule has 4 aromatic carbocycles. The Hall–Kier alpha value is -3.22. The van der Waals surface area contributed by atoms with Crippen molar-refractivity contribution in [1.82, 2.24) is 0 Å². The fraction of sp³-hybridized carbons (Fsp3) is 0.235. The van der Waals surface area contributed by atoms with Crippen LogP contribution in [0.1, 0.15) is 25.7 Å². The zero-order chi connectivity index (χ0) is 33.0. The molecule has 0 amide bonds. The standard InChI is InChI=1S/C26H20BO8P2.2C4H8O.Li/c28-25-26(29)33-27(32-25,34-36(30,21-13-5-1-6-14-21)22-15-7-2-8-16-22)35-37(31,23-17-9-3-10-18-23)24-19-11-4-12-20-24;2*1-2-4-5-3-1;/h1-20H;2*1-4H2;/q-1;;;+1. The molecule has 0 bridgehead atoms. The van der Waals surface area contributed by atoms with Crippen LogP contribution >= 0.6 is 14.7 Å². The van der Waals surface area contributed by atoms with Gasteiger partial charge in [-0.05, 0) is 74.2 Å². The third-order valence-corrected chi connectivity index (χ3v) is 12.3. The van der Waals surface area contributed by atoms with E-state index in [1.165, 1.54) is 25.7 Å². The van der Waals surface area contributed by atoms with Gasteiger partial charge in [-0.3, -0.25) is 9.13 Å². The number of carbonyl (C=O) groups is 2. The molecule has 3 heterocycles. The molecule has 0 unspecified atom stereocenters. The van der Waals surface area contributed by atoms with Gasteiger partial charge in [0.2, 0.25) is 14.7 Å². The summed E-state index contributed by atoms with van der Waals surface area (Å²) >= 11 is 0. The van der Waals surface area contributed by atoms with E-state index in [4.69, 9.17) is 27.7 Å². The van der Waals surface area contributed by atoms with E-state index in [0.29, 0.717) is 0 Å². The molecule has 0 N–H and O–H groups in total. The van der Waals surface area contributed by atoms with Gasteiger partial charge in [-0.25, -0.2) is 9.59 Å². The Kier molecular flexibility index (Phi) is 14.1. The first-order chi connectivity index (χ1) is 22.8. The van der Waals surface area contributed by atoms with Crippen LogP contribution in [0.3, 0.4) is 0 Å². The molecule has 3 aliphatic rings. The minimum atomic E-state index is -4.13. The van der Waals surface area contributed by atoms with Crippen molar-refractivity contribution in [3.63, 3.8) is 0 Å². The smallest absolute Gasteiger partial charge is 0.599 e. The summed E-state index contributed by atoms with van der Waals surface area (Å²) in [6.45, 7) is 0.105. The number of rotatable bonds is 8. The number of hydrogen-bond acceptors (Lipinski definition) is 10. The number of carbonyl (C=O) groups excluding carboxylic acids is 2. The van der Waals surface area contributed by atoms with Crippen LogP contribution in [-0.4, -0.2) is 45.3 Å². The van der Waals surface area contributed by atoms with Crippen molar-refractivity contribution in [2.75, 3.05) is 26.4 Å². The molecule has 0 aromatic heterocycles. The zero-order valence-electron chi connectivity index (χ0n) is 26.8. The van der Waals surface area contributed by atoms with Gasteiger partial charge < -0.3 is 27.7 Å². The Balaban J connectivity index is 0.000000404. The summed E-state index contributed by atoms with van der Waals surface area (Å²) in [5.74, 6) is -2.83. The van der Waals surface area contributed by atoms with E-state index in [1.807, 2.05) is 0 Å². The average molecular weight is 684 g/mol. The fourth-order valence-electron chi connectivity index (χ4n) is 4.91. The largest absolute Gasteiger partial charge is 1.00 e. The second-order valence-electron chi connectivity index (χ2n) is 10.7. The van der Waals surface area contributed by atoms with E-state index in [1.54, 1.807) is 121 Å². The van der Waals surface area contributed by atoms with E-state index in [0.717, 1.165) is 26.4 Å². The molecule has 0 aliphatic carbocycles. The van der Waals surface area contributed by atoms with Crippen molar-refractivity contribution < 1.29 is 65.2 Å². The van der Waals surface area contributed by atoms with Gasteiger partial charge in [0, 0.05) is 47.6 Å². The van der Waals surface area contributed by atoms with Crippen molar-refractivity contribution in [3.8, 4) is 0 Å². The summed E-state index contributed by atoms with van der Waals surface area (Å²) < 4.78 is 61.4. The maximum atomic E-state index is 14.6. The molecule has 3 aliphatic heterocycles. The van der Waals surface area contributed by atoms with Gasteiger partial charge in [-0.2, -0.15) is 0 Å². The third-order valence-electron chi connectivity index (χ3n) is 7.26. The Labute approximate surface area is 292 Å². The first-order valence-corrected chi connectivity index (χ1v) is 18.7. The van der Waals surface area contributed by atoms with E-state index in [2.05, 4.69) is 0 Å². The summed E-state index contributed by atoms with van der Waals surface area (Å²) in [6, 6.07) is 32.6. The molecule has 14 heteroatoms. The Morgan fingerprint density at radius 3 is 0.917 bits per heavy atom. The van der Waals surface area contributed by atoms with Gasteiger partial charge in [0.15, 0.2) is 0 Å². The van der Waals surface area contributed by atoms with Crippen LogP contribution in [0.2, 0.25) is 0 Å². The van der Waals surface area contributed by atoms with Crippen LogP contribution in [-0.2, 0) is 46.4 Å². The first-order valence-electron chi connectivity index (χ1n) is 15.4. The maximum absolute atomic E-state index is 14.6. The minimum Gasteiger partial charge on any atom is -0.599 e. The number of ether oxygens (including phenoxy) is 2. The molecule has 0 saturated carbocycles. The van der Waals surface area contributed by atoms with E-state index < -0.39 is 33.6 Å². The predicted octanol–water partition coefficient (Wildman–Crippen LogP) is 2.01. The van der Waals surface area contributed by atoms with E-state index in [9.17, 15) is 18.7 Å². The SMILES string of the molecule is C1CCOC1.C1CCOC1.O=C1O[B-](OP(=O)(c2ccccc2)c2ccccc2)(OP(=O)(c2ccccc2)c2ccccc2)OC1=O.[Li+]. The van der Waals surface area contributed by atoms with E-state index in [-0.39, 0.29) is 40.1 Å². The van der Waals surface area contributed by atoms with Crippen molar-refractivity contribution in [1.29, 1.82) is 0 Å². The predicted molar refractivity (Wildman–Crippen MR) is 180 cm³/mol. The minimum absolute atomic E-state index is 0. The van der Waals surface area contributed by atoms with Crippen LogP contribution in [0.4, 0.5) is 0 Å². The second kappa shape index (κ2) is 18.0. The fourth-order valence-corrected chi connectivity index (χ4v) is 9.31. The summed E-state index contributed by atoms with van der Waals surface area (Å²) in [5, 5.41) is 0.886. The molecule has 0 radical (unpaired) electrons. The molecule has 48 heavy (non-hydrogen) atoms. The van der Waals surface area contributed by atoms with Crippen LogP contribution < -0.4 is 40.1 Å². The van der Waals surface area contributed by atoms with Gasteiger partial charge in [0.1, 0.15) is 0 Å². The van der Waals surface area contributed by atoms with Crippen LogP contribution in [0, 0.1) is 0 Å². The van der Waals surface area contributed by atoms with Crippen molar-refractivity contribution in [2.24, 2.45) is 0 Å². The van der Waals surface area contributed by atoms with Crippen molar-refractivity contribution >= 4 is 54.9 Å². The summed E-state index contributed by atoms with van der Waals surface area (Å²) in [6.07, 6.45) is 5.11. The zero-order valence-corrected chi connectivity index (χ0v) is 28.5. The van der Waals surface area contributed by atoms with Crippen LogP contribution in [0.25, 0.3) is 0 Å². The molecule has 0 spiro atoms. The van der Waals surface area contributed by atoms with Crippen LogP contribution in [0.5, 0.6) is 0 Å². The Morgan fingerprint density at radius 1 is 0.458 bits per heavy atom. The van der Waals surface area contributed by atoms with Crippen LogP contribution in [0.15, 0.2) is 121 Å². The van der Waals surface area contributed by atoms with Crippen molar-refractivity contribution in [3.05, 3.63) is 121 Å². The van der Waals surface area contributed by atoms with Gasteiger partial charge in [0.25, 0.3) is 0 Å². The number of hydrogen-bond donors (Lipinski definition) is 0. The molecular formula is C34H36BLiO10P2. The molecule has 10 nitrogen and oxygen atoms in total. The molecule has 7 rings (SSSR count). The topological polar surface area (TPSA) is 124 Å². The molecule has 4 aromatic rings. The third kappa shape index (κ3) is 9.48. The van der Waals surface area contributed by atoms with Gasteiger partial charge in [0.05, 0.1) is 0 Å². The molecule has 0 atom stereocenters. The van der Waals surface area contributed by atoms with Crippen molar-refractivity contribution in [2.45, 2.75) is 25.7 Å². The number of benzene rings is 4.